The fourth-order valence-corrected chi connectivity index (χ4v) is 0.666. The lowest BCUT2D eigenvalue weighted by atomic mass is 10.5. The number of H-pyrrole nitrogens is 1. The second-order valence-electron chi connectivity index (χ2n) is 1.66. The molecule has 0 radical (unpaired) electrons. The number of aromatic amines is 1. The fraction of sp³-hybridized carbons (Fsp3) is 0.200. The molecule has 0 unspecified atom stereocenters. The van der Waals surface area contributed by atoms with Gasteiger partial charge in [0, 0.05) is 11.9 Å². The predicted octanol–water partition coefficient (Wildman–Crippen LogP) is 1.42. The van der Waals surface area contributed by atoms with Crippen molar-refractivity contribution in [3.05, 3.63) is 26.8 Å². The molecule has 1 heterocycles. The lowest BCUT2D eigenvalue weighted by molar-refractivity contribution is 1.01. The number of hydrogen-bond acceptors (Lipinski definition) is 2. The van der Waals surface area contributed by atoms with Gasteiger partial charge in [0.1, 0.15) is 0 Å². The average molecular weight is 270 g/mol. The van der Waals surface area contributed by atoms with Crippen LogP contribution in [0.3, 0.4) is 0 Å². The molecule has 1 aromatic heterocycles. The van der Waals surface area contributed by atoms with E-state index in [1.54, 1.807) is 6.92 Å². The van der Waals surface area contributed by atoms with Gasteiger partial charge in [0.25, 0.3) is 0 Å². The van der Waals surface area contributed by atoms with Crippen LogP contribution in [0.1, 0.15) is 5.69 Å². The summed E-state index contributed by atoms with van der Waals surface area (Å²) >= 11 is 3.20. The highest BCUT2D eigenvalue weighted by Crippen LogP contribution is 2.07. The van der Waals surface area contributed by atoms with Crippen molar-refractivity contribution in [3.63, 3.8) is 0 Å². The highest BCUT2D eigenvalue weighted by molar-refractivity contribution is 9.10. The third kappa shape index (κ3) is 2.22. The van der Waals surface area contributed by atoms with Gasteiger partial charge in [-0.15, -0.1) is 17.0 Å². The molecule has 5 heteroatoms. The van der Waals surface area contributed by atoms with Crippen molar-refractivity contribution in [3.8, 4) is 0 Å². The minimum atomic E-state index is -0.310. The van der Waals surface area contributed by atoms with Crippen LogP contribution in [0.5, 0.6) is 0 Å². The van der Waals surface area contributed by atoms with E-state index < -0.39 is 0 Å². The summed E-state index contributed by atoms with van der Waals surface area (Å²) in [7, 11) is 0. The fourth-order valence-electron chi connectivity index (χ4n) is 0.465. The molecule has 0 spiro atoms. The molecule has 1 rings (SSSR count). The van der Waals surface area contributed by atoms with E-state index in [1.807, 2.05) is 0 Å². The van der Waals surface area contributed by atoms with Gasteiger partial charge in [0.15, 0.2) is 0 Å². The normalized spacial score (nSPS) is 8.60. The molecular weight excluding hydrogens is 264 g/mol. The Labute approximate surface area is 76.8 Å². The Balaban J connectivity index is 0.000000810. The Morgan fingerprint density at radius 3 is 2.70 bits per heavy atom. The zero-order valence-corrected chi connectivity index (χ0v) is 8.52. The lowest BCUT2D eigenvalue weighted by Crippen LogP contribution is -2.10. The van der Waals surface area contributed by atoms with Gasteiger partial charge in [-0.25, -0.2) is 9.78 Å². The molecule has 0 aromatic carbocycles. The van der Waals surface area contributed by atoms with Gasteiger partial charge in [0.05, 0.1) is 4.47 Å². The lowest BCUT2D eigenvalue weighted by Gasteiger charge is -1.91. The quantitative estimate of drug-likeness (QED) is 0.774. The largest absolute Gasteiger partial charge is 0.345 e. The van der Waals surface area contributed by atoms with E-state index in [0.29, 0.717) is 0 Å². The van der Waals surface area contributed by atoms with E-state index in [9.17, 15) is 4.79 Å². The van der Waals surface area contributed by atoms with Gasteiger partial charge in [-0.2, -0.15) is 0 Å². The summed E-state index contributed by atoms with van der Waals surface area (Å²) in [6.07, 6.45) is 1.48. The van der Waals surface area contributed by atoms with Crippen LogP contribution in [-0.4, -0.2) is 9.97 Å². The number of aromatic nitrogens is 2. The molecule has 0 atom stereocenters. The smallest absolute Gasteiger partial charge is 0.309 e. The van der Waals surface area contributed by atoms with Gasteiger partial charge in [0.2, 0.25) is 0 Å². The topological polar surface area (TPSA) is 45.8 Å². The average Bonchev–Trinajstić information content (AvgIpc) is 1.80. The molecule has 0 saturated heterocycles. The summed E-state index contributed by atoms with van der Waals surface area (Å²) in [6.45, 7) is 1.80. The zero-order valence-electron chi connectivity index (χ0n) is 5.22. The first kappa shape index (κ1) is 9.84. The van der Waals surface area contributed by atoms with E-state index in [2.05, 4.69) is 25.9 Å². The van der Waals surface area contributed by atoms with Crippen LogP contribution in [0, 0.1) is 6.92 Å². The summed E-state index contributed by atoms with van der Waals surface area (Å²) in [5.74, 6) is 0. The van der Waals surface area contributed by atoms with E-state index in [1.165, 1.54) is 6.20 Å². The van der Waals surface area contributed by atoms with Crippen LogP contribution in [-0.2, 0) is 0 Å². The molecule has 0 bridgehead atoms. The van der Waals surface area contributed by atoms with Gasteiger partial charge < -0.3 is 4.98 Å². The Morgan fingerprint density at radius 1 is 1.70 bits per heavy atom. The summed E-state index contributed by atoms with van der Waals surface area (Å²) in [6, 6.07) is 0. The molecule has 56 valence electrons. The number of halogens is 2. The number of nitrogens with zero attached hydrogens (tertiary/aromatic N) is 1. The first-order chi connectivity index (χ1) is 4.20. The molecule has 0 aliphatic rings. The van der Waals surface area contributed by atoms with Crippen LogP contribution < -0.4 is 5.69 Å². The van der Waals surface area contributed by atoms with Gasteiger partial charge in [-0.05, 0) is 22.9 Å². The highest BCUT2D eigenvalue weighted by atomic mass is 79.9. The maximum Gasteiger partial charge on any atom is 0.345 e. The van der Waals surface area contributed by atoms with Crippen molar-refractivity contribution >= 4 is 32.9 Å². The Bertz CT molecular complexity index is 271. The molecule has 1 N–H and O–H groups in total. The Hall–Kier alpha value is -0.160. The molecule has 0 amide bonds. The van der Waals surface area contributed by atoms with Crippen molar-refractivity contribution in [2.75, 3.05) is 0 Å². The molecular formula is C5H6Br2N2O. The minimum Gasteiger partial charge on any atom is -0.309 e. The van der Waals surface area contributed by atoms with Crippen molar-refractivity contribution in [2.45, 2.75) is 6.92 Å². The maximum absolute atomic E-state index is 10.5. The van der Waals surface area contributed by atoms with Crippen LogP contribution in [0.4, 0.5) is 0 Å². The summed E-state index contributed by atoms with van der Waals surface area (Å²) < 4.78 is 0.821. The summed E-state index contributed by atoms with van der Waals surface area (Å²) in [5.41, 5.74) is 0.491. The SMILES string of the molecule is Br.Cc1[nH]c(=O)ncc1Br. The first-order valence-electron chi connectivity index (χ1n) is 2.41. The van der Waals surface area contributed by atoms with E-state index >= 15 is 0 Å². The van der Waals surface area contributed by atoms with Crippen molar-refractivity contribution in [1.29, 1.82) is 0 Å². The minimum absolute atomic E-state index is 0. The van der Waals surface area contributed by atoms with E-state index in [-0.39, 0.29) is 22.7 Å². The molecule has 0 aliphatic heterocycles. The number of rotatable bonds is 0. The van der Waals surface area contributed by atoms with Gasteiger partial charge in [-0.1, -0.05) is 0 Å². The van der Waals surface area contributed by atoms with E-state index in [0.717, 1.165) is 10.2 Å². The third-order valence-corrected chi connectivity index (χ3v) is 1.75. The van der Waals surface area contributed by atoms with Gasteiger partial charge >= 0.3 is 5.69 Å². The molecule has 0 fully saturated rings. The van der Waals surface area contributed by atoms with Crippen LogP contribution in [0.2, 0.25) is 0 Å². The second kappa shape index (κ2) is 3.88. The van der Waals surface area contributed by atoms with Crippen LogP contribution >= 0.6 is 32.9 Å². The molecule has 10 heavy (non-hydrogen) atoms. The van der Waals surface area contributed by atoms with E-state index in [4.69, 9.17) is 0 Å². The molecule has 3 nitrogen and oxygen atoms in total. The predicted molar refractivity (Wildman–Crippen MR) is 47.6 cm³/mol. The molecule has 0 aliphatic carbocycles. The van der Waals surface area contributed by atoms with Crippen LogP contribution in [0.15, 0.2) is 15.5 Å². The van der Waals surface area contributed by atoms with Crippen molar-refractivity contribution in [2.24, 2.45) is 0 Å². The van der Waals surface area contributed by atoms with Gasteiger partial charge in [-0.3, -0.25) is 0 Å². The Morgan fingerprint density at radius 2 is 2.30 bits per heavy atom. The molecule has 1 aromatic rings. The first-order valence-corrected chi connectivity index (χ1v) is 3.21. The Kier molecular flexibility index (Phi) is 3.81. The van der Waals surface area contributed by atoms with Crippen LogP contribution in [0.25, 0.3) is 0 Å². The number of nitrogens with one attached hydrogen (secondary N) is 1. The number of hydrogen-bond donors (Lipinski definition) is 1. The second-order valence-corrected chi connectivity index (χ2v) is 2.52. The van der Waals surface area contributed by atoms with Crippen molar-refractivity contribution in [1.82, 2.24) is 9.97 Å². The maximum atomic E-state index is 10.5. The molecule has 0 saturated carbocycles. The number of aryl methyl sites for hydroxylation is 1. The third-order valence-electron chi connectivity index (χ3n) is 0.948. The summed E-state index contributed by atoms with van der Waals surface area (Å²) in [4.78, 5) is 16.5. The summed E-state index contributed by atoms with van der Waals surface area (Å²) in [5, 5.41) is 0. The van der Waals surface area contributed by atoms with Crippen molar-refractivity contribution < 1.29 is 0 Å². The standard InChI is InChI=1S/C5H5BrN2O.BrH/c1-3-4(6)2-7-5(9)8-3;/h2H,1H3,(H,7,8,9);1H. The zero-order chi connectivity index (χ0) is 6.85. The monoisotopic (exact) mass is 268 g/mol. The highest BCUT2D eigenvalue weighted by Gasteiger charge is 1.91.